The molecular formula is C15H21NO8. The molecule has 1 heterocycles. The van der Waals surface area contributed by atoms with Crippen molar-refractivity contribution in [1.82, 2.24) is 0 Å². The third-order valence-corrected chi connectivity index (χ3v) is 3.80. The maximum absolute atomic E-state index is 10.7. The molecule has 6 atom stereocenters. The molecule has 1 saturated heterocycles. The molecule has 0 spiro atoms. The van der Waals surface area contributed by atoms with E-state index >= 15 is 0 Å². The summed E-state index contributed by atoms with van der Waals surface area (Å²) in [5.74, 6) is -0.802. The zero-order chi connectivity index (χ0) is 17.9. The molecule has 134 valence electrons. The molecule has 0 saturated carbocycles. The van der Waals surface area contributed by atoms with Crippen molar-refractivity contribution in [1.29, 1.82) is 0 Å². The van der Waals surface area contributed by atoms with Gasteiger partial charge in [0, 0.05) is 0 Å². The number of hydrogen-bond donors (Lipinski definition) is 6. The van der Waals surface area contributed by atoms with Gasteiger partial charge in [-0.2, -0.15) is 0 Å². The first-order valence-electron chi connectivity index (χ1n) is 7.38. The van der Waals surface area contributed by atoms with Gasteiger partial charge in [-0.1, -0.05) is 12.1 Å². The predicted octanol–water partition coefficient (Wildman–Crippen LogP) is -2.18. The molecule has 0 bridgehead atoms. The fourth-order valence-electron chi connectivity index (χ4n) is 2.34. The molecular weight excluding hydrogens is 322 g/mol. The summed E-state index contributed by atoms with van der Waals surface area (Å²) in [6.45, 7) is -0.545. The van der Waals surface area contributed by atoms with Gasteiger partial charge in [0.2, 0.25) is 6.29 Å². The van der Waals surface area contributed by atoms with E-state index in [4.69, 9.17) is 25.4 Å². The van der Waals surface area contributed by atoms with Crippen LogP contribution in [0.2, 0.25) is 0 Å². The van der Waals surface area contributed by atoms with Crippen molar-refractivity contribution >= 4 is 5.97 Å². The van der Waals surface area contributed by atoms with Crippen molar-refractivity contribution < 1.29 is 39.8 Å². The van der Waals surface area contributed by atoms with E-state index in [0.717, 1.165) is 0 Å². The summed E-state index contributed by atoms with van der Waals surface area (Å²) in [6.07, 6.45) is -6.65. The Bertz CT molecular complexity index is 549. The van der Waals surface area contributed by atoms with Crippen LogP contribution in [0.15, 0.2) is 24.3 Å². The molecule has 1 aromatic carbocycles. The summed E-state index contributed by atoms with van der Waals surface area (Å²) in [5.41, 5.74) is 6.14. The third-order valence-electron chi connectivity index (χ3n) is 3.80. The van der Waals surface area contributed by atoms with Crippen molar-refractivity contribution in [3.05, 3.63) is 29.8 Å². The third kappa shape index (κ3) is 4.20. The minimum Gasteiger partial charge on any atom is -0.480 e. The minimum absolute atomic E-state index is 0.148. The number of rotatable bonds is 6. The Labute approximate surface area is 137 Å². The van der Waals surface area contributed by atoms with Gasteiger partial charge in [-0.25, -0.2) is 0 Å². The maximum Gasteiger partial charge on any atom is 0.320 e. The topological polar surface area (TPSA) is 163 Å². The fraction of sp³-hybridized carbons (Fsp3) is 0.533. The van der Waals surface area contributed by atoms with E-state index in [-0.39, 0.29) is 6.42 Å². The number of carboxylic acids is 1. The molecule has 0 unspecified atom stereocenters. The molecule has 0 radical (unpaired) electrons. The lowest BCUT2D eigenvalue weighted by atomic mass is 9.99. The average Bonchev–Trinajstić information content (AvgIpc) is 2.56. The van der Waals surface area contributed by atoms with Gasteiger partial charge >= 0.3 is 5.97 Å². The molecule has 0 amide bonds. The molecule has 9 nitrogen and oxygen atoms in total. The van der Waals surface area contributed by atoms with Crippen molar-refractivity contribution in [3.8, 4) is 5.75 Å². The van der Waals surface area contributed by atoms with Gasteiger partial charge in [0.1, 0.15) is 36.2 Å². The van der Waals surface area contributed by atoms with Gasteiger partial charge in [0.15, 0.2) is 0 Å². The number of nitrogens with two attached hydrogens (primary N) is 1. The maximum atomic E-state index is 10.7. The Morgan fingerprint density at radius 1 is 1.17 bits per heavy atom. The SMILES string of the molecule is N[C@@H](Cc1ccc(O[C@@H]2O[C@H](CO)[C@H](O)[C@H](O)[C@H]2O)cc1)C(=O)O. The van der Waals surface area contributed by atoms with E-state index in [0.29, 0.717) is 11.3 Å². The summed E-state index contributed by atoms with van der Waals surface area (Å²) in [6, 6.07) is 5.28. The minimum atomic E-state index is -1.52. The first kappa shape index (κ1) is 18.6. The molecule has 0 aliphatic carbocycles. The van der Waals surface area contributed by atoms with Gasteiger partial charge in [0.05, 0.1) is 6.61 Å². The number of aliphatic hydroxyl groups excluding tert-OH is 4. The second-order valence-corrected chi connectivity index (χ2v) is 5.61. The van der Waals surface area contributed by atoms with E-state index in [1.807, 2.05) is 0 Å². The van der Waals surface area contributed by atoms with Gasteiger partial charge in [0.25, 0.3) is 0 Å². The molecule has 7 N–H and O–H groups in total. The summed E-state index contributed by atoms with van der Waals surface area (Å²) in [4.78, 5) is 10.7. The number of hydrogen-bond acceptors (Lipinski definition) is 8. The van der Waals surface area contributed by atoms with Crippen LogP contribution in [0, 0.1) is 0 Å². The van der Waals surface area contributed by atoms with Crippen LogP contribution in [0.25, 0.3) is 0 Å². The van der Waals surface area contributed by atoms with Crippen molar-refractivity contribution in [3.63, 3.8) is 0 Å². The highest BCUT2D eigenvalue weighted by Crippen LogP contribution is 2.24. The molecule has 1 aliphatic rings. The summed E-state index contributed by atoms with van der Waals surface area (Å²) >= 11 is 0. The standard InChI is InChI=1S/C15H21NO8/c16-9(14(21)22)5-7-1-3-8(4-2-7)23-15-13(20)12(19)11(18)10(6-17)24-15/h1-4,9-13,15,17-20H,5-6,16H2,(H,21,22)/t9-,10+,11-,12-,13+,15+/m0/s1. The van der Waals surface area contributed by atoms with Gasteiger partial charge in [-0.15, -0.1) is 0 Å². The number of aliphatic hydroxyl groups is 4. The number of ether oxygens (including phenoxy) is 2. The first-order valence-corrected chi connectivity index (χ1v) is 7.38. The Kier molecular flexibility index (Phi) is 6.10. The molecule has 1 aliphatic heterocycles. The van der Waals surface area contributed by atoms with E-state index in [2.05, 4.69) is 0 Å². The van der Waals surface area contributed by atoms with Crippen LogP contribution in [-0.2, 0) is 16.0 Å². The van der Waals surface area contributed by atoms with Crippen molar-refractivity contribution in [2.75, 3.05) is 6.61 Å². The lowest BCUT2D eigenvalue weighted by molar-refractivity contribution is -0.277. The molecule has 2 rings (SSSR count). The Morgan fingerprint density at radius 2 is 1.79 bits per heavy atom. The van der Waals surface area contributed by atoms with Crippen molar-refractivity contribution in [2.24, 2.45) is 5.73 Å². The molecule has 24 heavy (non-hydrogen) atoms. The van der Waals surface area contributed by atoms with E-state index in [1.54, 1.807) is 12.1 Å². The highest BCUT2D eigenvalue weighted by Gasteiger charge is 2.44. The summed E-state index contributed by atoms with van der Waals surface area (Å²) < 4.78 is 10.7. The number of benzene rings is 1. The molecule has 9 heteroatoms. The van der Waals surface area contributed by atoms with Gasteiger partial charge in [-0.05, 0) is 24.1 Å². The highest BCUT2D eigenvalue weighted by molar-refractivity contribution is 5.73. The Balaban J connectivity index is 2.01. The Hall–Kier alpha value is -1.75. The highest BCUT2D eigenvalue weighted by atomic mass is 16.7. The smallest absolute Gasteiger partial charge is 0.320 e. The fourth-order valence-corrected chi connectivity index (χ4v) is 2.34. The first-order chi connectivity index (χ1) is 11.3. The van der Waals surface area contributed by atoms with Crippen LogP contribution in [0.1, 0.15) is 5.56 Å². The van der Waals surface area contributed by atoms with Crippen LogP contribution >= 0.6 is 0 Å². The van der Waals surface area contributed by atoms with E-state index < -0.39 is 49.3 Å². The number of carboxylic acid groups (broad SMARTS) is 1. The van der Waals surface area contributed by atoms with Crippen LogP contribution < -0.4 is 10.5 Å². The molecule has 0 aromatic heterocycles. The zero-order valence-electron chi connectivity index (χ0n) is 12.7. The normalized spacial score (nSPS) is 31.5. The molecule has 1 aromatic rings. The second kappa shape index (κ2) is 7.88. The lowest BCUT2D eigenvalue weighted by Crippen LogP contribution is -2.60. The van der Waals surface area contributed by atoms with Crippen LogP contribution in [0.5, 0.6) is 5.75 Å². The predicted molar refractivity (Wildman–Crippen MR) is 80.2 cm³/mol. The summed E-state index contributed by atoms with van der Waals surface area (Å²) in [7, 11) is 0. The Morgan fingerprint density at radius 3 is 2.33 bits per heavy atom. The van der Waals surface area contributed by atoms with Crippen molar-refractivity contribution in [2.45, 2.75) is 43.2 Å². The number of aliphatic carboxylic acids is 1. The van der Waals surface area contributed by atoms with Crippen LogP contribution in [0.4, 0.5) is 0 Å². The van der Waals surface area contributed by atoms with Crippen LogP contribution in [0.3, 0.4) is 0 Å². The van der Waals surface area contributed by atoms with Gasteiger partial charge in [-0.3, -0.25) is 4.79 Å². The second-order valence-electron chi connectivity index (χ2n) is 5.61. The lowest BCUT2D eigenvalue weighted by Gasteiger charge is -2.39. The quantitative estimate of drug-likeness (QED) is 0.337. The van der Waals surface area contributed by atoms with Gasteiger partial charge < -0.3 is 40.7 Å². The van der Waals surface area contributed by atoms with E-state index in [9.17, 15) is 20.1 Å². The number of carbonyl (C=O) groups is 1. The summed E-state index contributed by atoms with van der Waals surface area (Å²) in [5, 5.41) is 47.2. The molecule has 1 fully saturated rings. The van der Waals surface area contributed by atoms with Crippen LogP contribution in [-0.4, -0.2) is 74.9 Å². The zero-order valence-corrected chi connectivity index (χ0v) is 12.7. The monoisotopic (exact) mass is 343 g/mol. The average molecular weight is 343 g/mol. The van der Waals surface area contributed by atoms with E-state index in [1.165, 1.54) is 12.1 Å². The largest absolute Gasteiger partial charge is 0.480 e.